The Kier molecular flexibility index (Phi) is 3.82. The molecule has 0 saturated heterocycles. The molecule has 0 atom stereocenters. The molecule has 0 aliphatic heterocycles. The van der Waals surface area contributed by atoms with Crippen LogP contribution in [0.15, 0.2) is 6.33 Å². The molecular formula is C13H23N3O. The maximum atomic E-state index is 9.63. The first kappa shape index (κ1) is 12.6. The van der Waals surface area contributed by atoms with Crippen LogP contribution in [0.4, 0.5) is 0 Å². The Labute approximate surface area is 103 Å². The lowest BCUT2D eigenvalue weighted by atomic mass is 9.83. The van der Waals surface area contributed by atoms with E-state index in [0.29, 0.717) is 5.92 Å². The number of aliphatic hydroxyl groups is 1. The van der Waals surface area contributed by atoms with Crippen molar-refractivity contribution < 1.29 is 5.11 Å². The van der Waals surface area contributed by atoms with Crippen LogP contribution in [0, 0.1) is 11.3 Å². The quantitative estimate of drug-likeness (QED) is 0.852. The zero-order valence-electron chi connectivity index (χ0n) is 10.9. The summed E-state index contributed by atoms with van der Waals surface area (Å²) in [4.78, 5) is 4.37. The topological polar surface area (TPSA) is 50.9 Å². The second kappa shape index (κ2) is 5.17. The normalized spacial score (nSPS) is 19.1. The first-order chi connectivity index (χ1) is 8.15. The highest BCUT2D eigenvalue weighted by Crippen LogP contribution is 2.40. The van der Waals surface area contributed by atoms with Gasteiger partial charge in [0.1, 0.15) is 12.2 Å². The molecule has 4 heteroatoms. The Balaban J connectivity index is 2.09. The molecule has 1 aliphatic rings. The minimum absolute atomic E-state index is 0.0712. The molecule has 0 amide bonds. The van der Waals surface area contributed by atoms with E-state index in [1.54, 1.807) is 6.33 Å². The number of rotatable bonds is 5. The molecule has 1 aliphatic carbocycles. The molecule has 2 rings (SSSR count). The van der Waals surface area contributed by atoms with Crippen molar-refractivity contribution in [2.75, 3.05) is 6.61 Å². The highest BCUT2D eigenvalue weighted by Gasteiger charge is 2.34. The minimum atomic E-state index is 0.0712. The zero-order valence-corrected chi connectivity index (χ0v) is 10.9. The van der Waals surface area contributed by atoms with Crippen molar-refractivity contribution in [1.29, 1.82) is 0 Å². The molecule has 1 fully saturated rings. The second-order valence-corrected chi connectivity index (χ2v) is 5.79. The van der Waals surface area contributed by atoms with Crippen LogP contribution in [0.2, 0.25) is 0 Å². The Morgan fingerprint density at radius 3 is 2.71 bits per heavy atom. The summed E-state index contributed by atoms with van der Waals surface area (Å²) in [6.45, 7) is 5.56. The monoisotopic (exact) mass is 237 g/mol. The molecular weight excluding hydrogens is 214 g/mol. The SMILES string of the molecule is CC(C)Cn1ncnc1CC1(CO)CCCC1. The summed E-state index contributed by atoms with van der Waals surface area (Å²) < 4.78 is 2.00. The summed E-state index contributed by atoms with van der Waals surface area (Å²) in [6.07, 6.45) is 7.22. The first-order valence-electron chi connectivity index (χ1n) is 6.63. The van der Waals surface area contributed by atoms with Gasteiger partial charge >= 0.3 is 0 Å². The molecule has 0 radical (unpaired) electrons. The highest BCUT2D eigenvalue weighted by molar-refractivity contribution is 4.96. The Bertz CT molecular complexity index is 353. The molecule has 17 heavy (non-hydrogen) atoms. The van der Waals surface area contributed by atoms with Crippen LogP contribution in [0.1, 0.15) is 45.4 Å². The van der Waals surface area contributed by atoms with Gasteiger partial charge in [0.2, 0.25) is 0 Å². The van der Waals surface area contributed by atoms with E-state index in [0.717, 1.165) is 31.6 Å². The summed E-state index contributed by atoms with van der Waals surface area (Å²) in [6, 6.07) is 0. The summed E-state index contributed by atoms with van der Waals surface area (Å²) >= 11 is 0. The fraction of sp³-hybridized carbons (Fsp3) is 0.846. The minimum Gasteiger partial charge on any atom is -0.396 e. The molecule has 0 unspecified atom stereocenters. The van der Waals surface area contributed by atoms with E-state index in [2.05, 4.69) is 23.9 Å². The third kappa shape index (κ3) is 2.86. The van der Waals surface area contributed by atoms with E-state index in [4.69, 9.17) is 0 Å². The average molecular weight is 237 g/mol. The van der Waals surface area contributed by atoms with Gasteiger partial charge in [0.25, 0.3) is 0 Å². The van der Waals surface area contributed by atoms with Crippen LogP contribution in [-0.2, 0) is 13.0 Å². The molecule has 96 valence electrons. The van der Waals surface area contributed by atoms with E-state index >= 15 is 0 Å². The fourth-order valence-electron chi connectivity index (χ4n) is 2.77. The number of hydrogen-bond acceptors (Lipinski definition) is 3. The van der Waals surface area contributed by atoms with E-state index in [1.807, 2.05) is 4.68 Å². The summed E-state index contributed by atoms with van der Waals surface area (Å²) in [5.74, 6) is 1.61. The van der Waals surface area contributed by atoms with Gasteiger partial charge in [-0.2, -0.15) is 5.10 Å². The largest absolute Gasteiger partial charge is 0.396 e. The lowest BCUT2D eigenvalue weighted by Gasteiger charge is -2.26. The standard InChI is InChI=1S/C13H23N3O/c1-11(2)8-16-12(14-10-15-16)7-13(9-17)5-3-4-6-13/h10-11,17H,3-9H2,1-2H3. The third-order valence-electron chi connectivity index (χ3n) is 3.77. The van der Waals surface area contributed by atoms with Gasteiger partial charge in [-0.05, 0) is 18.8 Å². The van der Waals surface area contributed by atoms with Gasteiger partial charge in [-0.25, -0.2) is 9.67 Å². The van der Waals surface area contributed by atoms with Crippen molar-refractivity contribution in [2.24, 2.45) is 11.3 Å². The van der Waals surface area contributed by atoms with Crippen molar-refractivity contribution in [3.05, 3.63) is 12.2 Å². The molecule has 1 aromatic rings. The predicted molar refractivity (Wildman–Crippen MR) is 66.6 cm³/mol. The van der Waals surface area contributed by atoms with Crippen molar-refractivity contribution >= 4 is 0 Å². The number of hydrogen-bond donors (Lipinski definition) is 1. The van der Waals surface area contributed by atoms with Gasteiger partial charge in [-0.1, -0.05) is 26.7 Å². The smallest absolute Gasteiger partial charge is 0.138 e. The molecule has 1 N–H and O–H groups in total. The lowest BCUT2D eigenvalue weighted by Crippen LogP contribution is -2.26. The van der Waals surface area contributed by atoms with Crippen LogP contribution in [-0.4, -0.2) is 26.5 Å². The summed E-state index contributed by atoms with van der Waals surface area (Å²) in [5.41, 5.74) is 0.0712. The van der Waals surface area contributed by atoms with Crippen LogP contribution in [0.5, 0.6) is 0 Å². The third-order valence-corrected chi connectivity index (χ3v) is 3.77. The predicted octanol–water partition coefficient (Wildman–Crippen LogP) is 2.03. The van der Waals surface area contributed by atoms with Crippen LogP contribution in [0.3, 0.4) is 0 Å². The second-order valence-electron chi connectivity index (χ2n) is 5.79. The fourth-order valence-corrected chi connectivity index (χ4v) is 2.77. The number of nitrogens with zero attached hydrogens (tertiary/aromatic N) is 3. The van der Waals surface area contributed by atoms with Gasteiger partial charge in [0.15, 0.2) is 0 Å². The molecule has 1 saturated carbocycles. The molecule has 1 aromatic heterocycles. The number of aliphatic hydroxyl groups excluding tert-OH is 1. The molecule has 0 bridgehead atoms. The van der Waals surface area contributed by atoms with Gasteiger partial charge in [0, 0.05) is 25.0 Å². The summed E-state index contributed by atoms with van der Waals surface area (Å²) in [5, 5.41) is 13.9. The Morgan fingerprint density at radius 2 is 2.12 bits per heavy atom. The van der Waals surface area contributed by atoms with Crippen LogP contribution >= 0.6 is 0 Å². The molecule has 1 heterocycles. The van der Waals surface area contributed by atoms with Gasteiger partial charge in [-0.3, -0.25) is 0 Å². The Hall–Kier alpha value is -0.900. The summed E-state index contributed by atoms with van der Waals surface area (Å²) in [7, 11) is 0. The molecule has 0 spiro atoms. The zero-order chi connectivity index (χ0) is 12.3. The van der Waals surface area contributed by atoms with Crippen molar-refractivity contribution in [3.8, 4) is 0 Å². The van der Waals surface area contributed by atoms with Crippen molar-refractivity contribution in [2.45, 2.75) is 52.5 Å². The van der Waals surface area contributed by atoms with E-state index in [9.17, 15) is 5.11 Å². The Morgan fingerprint density at radius 1 is 1.41 bits per heavy atom. The van der Waals surface area contributed by atoms with Gasteiger partial charge in [0.05, 0.1) is 0 Å². The van der Waals surface area contributed by atoms with E-state index < -0.39 is 0 Å². The van der Waals surface area contributed by atoms with Crippen LogP contribution in [0.25, 0.3) is 0 Å². The highest BCUT2D eigenvalue weighted by atomic mass is 16.3. The van der Waals surface area contributed by atoms with Gasteiger partial charge in [-0.15, -0.1) is 0 Å². The lowest BCUT2D eigenvalue weighted by molar-refractivity contribution is 0.126. The van der Waals surface area contributed by atoms with Gasteiger partial charge < -0.3 is 5.11 Å². The van der Waals surface area contributed by atoms with Crippen LogP contribution < -0.4 is 0 Å². The van der Waals surface area contributed by atoms with E-state index in [1.165, 1.54) is 12.8 Å². The van der Waals surface area contributed by atoms with E-state index in [-0.39, 0.29) is 12.0 Å². The average Bonchev–Trinajstić information content (AvgIpc) is 2.90. The number of aromatic nitrogens is 3. The van der Waals surface area contributed by atoms with Crippen molar-refractivity contribution in [3.63, 3.8) is 0 Å². The molecule has 0 aromatic carbocycles. The molecule has 4 nitrogen and oxygen atoms in total. The van der Waals surface area contributed by atoms with Crippen molar-refractivity contribution in [1.82, 2.24) is 14.8 Å². The first-order valence-corrected chi connectivity index (χ1v) is 6.63. The maximum absolute atomic E-state index is 9.63. The maximum Gasteiger partial charge on any atom is 0.138 e.